The first kappa shape index (κ1) is 18.0. The predicted molar refractivity (Wildman–Crippen MR) is 104 cm³/mol. The van der Waals surface area contributed by atoms with Gasteiger partial charge in [-0.05, 0) is 17.7 Å². The summed E-state index contributed by atoms with van der Waals surface area (Å²) in [5.41, 5.74) is 0.476. The third-order valence-electron chi connectivity index (χ3n) is 3.87. The van der Waals surface area contributed by atoms with Gasteiger partial charge in [-0.15, -0.1) is 0 Å². The van der Waals surface area contributed by atoms with Crippen molar-refractivity contribution in [3.63, 3.8) is 0 Å². The van der Waals surface area contributed by atoms with Crippen molar-refractivity contribution >= 4 is 28.4 Å². The number of carbonyl (C=O) groups excluding carboxylic acids is 1. The largest absolute Gasteiger partial charge is 0.354 e. The van der Waals surface area contributed by atoms with Gasteiger partial charge in [-0.1, -0.05) is 42.5 Å². The van der Waals surface area contributed by atoms with E-state index in [1.165, 1.54) is 5.56 Å². The summed E-state index contributed by atoms with van der Waals surface area (Å²) in [7, 11) is 0. The molecule has 134 valence electrons. The summed E-state index contributed by atoms with van der Waals surface area (Å²) in [5, 5.41) is 5.86. The van der Waals surface area contributed by atoms with Gasteiger partial charge in [-0.2, -0.15) is 11.8 Å². The first-order valence-corrected chi connectivity index (χ1v) is 9.41. The molecule has 1 amide bonds. The number of thioether (sulfide) groups is 1. The maximum atomic E-state index is 12.4. The van der Waals surface area contributed by atoms with Crippen LogP contribution in [0.3, 0.4) is 0 Å². The van der Waals surface area contributed by atoms with Crippen molar-refractivity contribution in [3.05, 3.63) is 80.9 Å². The lowest BCUT2D eigenvalue weighted by atomic mass is 10.2. The van der Waals surface area contributed by atoms with Crippen molar-refractivity contribution in [2.75, 3.05) is 12.3 Å². The molecule has 6 nitrogen and oxygen atoms in total. The van der Waals surface area contributed by atoms with Crippen molar-refractivity contribution in [1.82, 2.24) is 15.1 Å². The van der Waals surface area contributed by atoms with E-state index in [-0.39, 0.29) is 23.6 Å². The average Bonchev–Trinajstić information content (AvgIpc) is 2.66. The van der Waals surface area contributed by atoms with Crippen LogP contribution in [-0.2, 0) is 17.1 Å². The van der Waals surface area contributed by atoms with Crippen LogP contribution < -0.4 is 16.4 Å². The number of aromatic nitrogens is 2. The molecule has 0 spiro atoms. The minimum atomic E-state index is -0.383. The molecule has 2 N–H and O–H groups in total. The molecule has 0 saturated heterocycles. The Kier molecular flexibility index (Phi) is 5.91. The molecular formula is C19H19N3O3S. The van der Waals surface area contributed by atoms with Crippen molar-refractivity contribution in [3.8, 4) is 0 Å². The molecule has 1 heterocycles. The second-order valence-corrected chi connectivity index (χ2v) is 6.87. The fourth-order valence-electron chi connectivity index (χ4n) is 2.58. The number of fused-ring (bicyclic) bond motifs is 1. The Bertz CT molecular complexity index is 1010. The molecule has 1 aromatic heterocycles. The molecule has 26 heavy (non-hydrogen) atoms. The summed E-state index contributed by atoms with van der Waals surface area (Å²) in [6, 6.07) is 16.7. The highest BCUT2D eigenvalue weighted by atomic mass is 32.2. The van der Waals surface area contributed by atoms with Crippen LogP contribution in [0.25, 0.3) is 10.8 Å². The number of carbonyl (C=O) groups is 1. The van der Waals surface area contributed by atoms with Crippen molar-refractivity contribution in [2.45, 2.75) is 12.3 Å². The minimum Gasteiger partial charge on any atom is -0.354 e. The molecule has 0 aliphatic carbocycles. The molecule has 0 unspecified atom stereocenters. The van der Waals surface area contributed by atoms with Gasteiger partial charge in [0.25, 0.3) is 11.1 Å². The standard InChI is InChI=1S/C19H19N3O3S/c23-17(20-10-11-26-13-14-6-2-1-3-7-14)12-22-19(25)16-9-5-4-8-15(16)18(24)21-22/h1-9H,10-13H2,(H,20,23)(H,21,24). The number of aromatic amines is 1. The Balaban J connectivity index is 1.52. The molecule has 3 aromatic rings. The lowest BCUT2D eigenvalue weighted by Crippen LogP contribution is -2.37. The molecule has 0 bridgehead atoms. The smallest absolute Gasteiger partial charge is 0.273 e. The molecule has 0 atom stereocenters. The summed E-state index contributed by atoms with van der Waals surface area (Å²) in [5.74, 6) is 1.34. The predicted octanol–water partition coefficient (Wildman–Crippen LogP) is 1.74. The second kappa shape index (κ2) is 8.53. The summed E-state index contributed by atoms with van der Waals surface area (Å²) >= 11 is 1.72. The Morgan fingerprint density at radius 1 is 1.00 bits per heavy atom. The lowest BCUT2D eigenvalue weighted by Gasteiger charge is -2.08. The zero-order valence-electron chi connectivity index (χ0n) is 14.1. The van der Waals surface area contributed by atoms with Gasteiger partial charge in [0.15, 0.2) is 0 Å². The number of hydrogen-bond donors (Lipinski definition) is 2. The van der Waals surface area contributed by atoms with E-state index in [0.717, 1.165) is 16.2 Å². The monoisotopic (exact) mass is 369 g/mol. The zero-order valence-corrected chi connectivity index (χ0v) is 14.9. The number of hydrogen-bond acceptors (Lipinski definition) is 4. The Hall–Kier alpha value is -2.80. The van der Waals surface area contributed by atoms with Gasteiger partial charge in [0.05, 0.1) is 10.8 Å². The molecule has 3 rings (SSSR count). The zero-order chi connectivity index (χ0) is 18.4. The molecule has 7 heteroatoms. The summed E-state index contributed by atoms with van der Waals surface area (Å²) in [6.45, 7) is 0.297. The van der Waals surface area contributed by atoms with Crippen LogP contribution in [0.4, 0.5) is 0 Å². The summed E-state index contributed by atoms with van der Waals surface area (Å²) in [6.07, 6.45) is 0. The van der Waals surface area contributed by atoms with Crippen molar-refractivity contribution < 1.29 is 4.79 Å². The quantitative estimate of drug-likeness (QED) is 0.622. The van der Waals surface area contributed by atoms with E-state index < -0.39 is 0 Å². The highest BCUT2D eigenvalue weighted by Gasteiger charge is 2.09. The topological polar surface area (TPSA) is 84.0 Å². The molecule has 0 aliphatic heterocycles. The van der Waals surface area contributed by atoms with Crippen molar-refractivity contribution in [1.29, 1.82) is 0 Å². The van der Waals surface area contributed by atoms with E-state index in [1.807, 2.05) is 18.2 Å². The van der Waals surface area contributed by atoms with Crippen LogP contribution >= 0.6 is 11.8 Å². The second-order valence-electron chi connectivity index (χ2n) is 5.77. The number of nitrogens with one attached hydrogen (secondary N) is 2. The van der Waals surface area contributed by atoms with E-state index in [0.29, 0.717) is 17.3 Å². The highest BCUT2D eigenvalue weighted by molar-refractivity contribution is 7.98. The minimum absolute atomic E-state index is 0.206. The Morgan fingerprint density at radius 3 is 2.46 bits per heavy atom. The van der Waals surface area contributed by atoms with E-state index in [1.54, 1.807) is 36.0 Å². The molecule has 2 aromatic carbocycles. The van der Waals surface area contributed by atoms with Gasteiger partial charge in [0, 0.05) is 18.1 Å². The summed E-state index contributed by atoms with van der Waals surface area (Å²) in [4.78, 5) is 36.4. The van der Waals surface area contributed by atoms with E-state index in [4.69, 9.17) is 0 Å². The van der Waals surface area contributed by atoms with Gasteiger partial charge in [0.1, 0.15) is 6.54 Å². The maximum Gasteiger partial charge on any atom is 0.273 e. The number of rotatable bonds is 7. The molecular weight excluding hydrogens is 350 g/mol. The Labute approximate surface area is 154 Å². The number of amides is 1. The fourth-order valence-corrected chi connectivity index (χ4v) is 3.40. The average molecular weight is 369 g/mol. The maximum absolute atomic E-state index is 12.4. The van der Waals surface area contributed by atoms with E-state index in [9.17, 15) is 14.4 Å². The van der Waals surface area contributed by atoms with E-state index >= 15 is 0 Å². The van der Waals surface area contributed by atoms with Gasteiger partial charge < -0.3 is 5.32 Å². The van der Waals surface area contributed by atoms with E-state index in [2.05, 4.69) is 22.5 Å². The van der Waals surface area contributed by atoms with Crippen LogP contribution in [0.2, 0.25) is 0 Å². The Morgan fingerprint density at radius 2 is 1.69 bits per heavy atom. The van der Waals surface area contributed by atoms with Crippen LogP contribution in [0, 0.1) is 0 Å². The number of nitrogens with zero attached hydrogens (tertiary/aromatic N) is 1. The van der Waals surface area contributed by atoms with Crippen LogP contribution in [0.15, 0.2) is 64.2 Å². The molecule has 0 radical (unpaired) electrons. The summed E-state index contributed by atoms with van der Waals surface area (Å²) < 4.78 is 1.05. The van der Waals surface area contributed by atoms with Crippen LogP contribution in [0.5, 0.6) is 0 Å². The third kappa shape index (κ3) is 4.43. The first-order chi connectivity index (χ1) is 12.6. The first-order valence-electron chi connectivity index (χ1n) is 8.25. The van der Waals surface area contributed by atoms with Gasteiger partial charge in [-0.3, -0.25) is 19.5 Å². The SMILES string of the molecule is O=C(Cn1[nH]c(=O)c2ccccc2c1=O)NCCSCc1ccccc1. The van der Waals surface area contributed by atoms with Gasteiger partial charge in [0.2, 0.25) is 5.91 Å². The normalized spacial score (nSPS) is 10.8. The highest BCUT2D eigenvalue weighted by Crippen LogP contribution is 2.10. The van der Waals surface area contributed by atoms with Gasteiger partial charge >= 0.3 is 0 Å². The van der Waals surface area contributed by atoms with Crippen molar-refractivity contribution in [2.24, 2.45) is 0 Å². The fraction of sp³-hybridized carbons (Fsp3) is 0.211. The van der Waals surface area contributed by atoms with Crippen LogP contribution in [-0.4, -0.2) is 28.0 Å². The number of H-pyrrole nitrogens is 1. The molecule has 0 fully saturated rings. The molecule has 0 aliphatic rings. The van der Waals surface area contributed by atoms with Gasteiger partial charge in [-0.25, -0.2) is 4.68 Å². The van der Waals surface area contributed by atoms with Crippen LogP contribution in [0.1, 0.15) is 5.56 Å². The third-order valence-corrected chi connectivity index (χ3v) is 4.90. The molecule has 0 saturated carbocycles. The lowest BCUT2D eigenvalue weighted by molar-refractivity contribution is -0.121. The number of benzene rings is 2.